The standard InChI is InChI=1S/C13H15ClN4O/c1-9(2)7-18-13(16-8-17-18)5-12(19)11-4-3-10(14)6-15-11/h3-4,6,8-9H,5,7H2,1-2H3. The molecule has 5 nitrogen and oxygen atoms in total. The number of hydrogen-bond acceptors (Lipinski definition) is 4. The van der Waals surface area contributed by atoms with Crippen molar-refractivity contribution in [3.63, 3.8) is 0 Å². The molecule has 0 aliphatic heterocycles. The fourth-order valence-corrected chi connectivity index (χ4v) is 1.81. The molecular weight excluding hydrogens is 264 g/mol. The first-order valence-corrected chi connectivity index (χ1v) is 6.45. The number of pyridine rings is 1. The van der Waals surface area contributed by atoms with Crippen molar-refractivity contribution in [3.8, 4) is 0 Å². The minimum Gasteiger partial charge on any atom is -0.292 e. The van der Waals surface area contributed by atoms with Gasteiger partial charge in [0.25, 0.3) is 0 Å². The van der Waals surface area contributed by atoms with Crippen LogP contribution in [-0.4, -0.2) is 25.5 Å². The van der Waals surface area contributed by atoms with E-state index >= 15 is 0 Å². The van der Waals surface area contributed by atoms with E-state index in [0.717, 1.165) is 6.54 Å². The Labute approximate surface area is 116 Å². The molecule has 0 saturated carbocycles. The zero-order chi connectivity index (χ0) is 13.8. The predicted octanol–water partition coefficient (Wildman–Crippen LogP) is 2.41. The highest BCUT2D eigenvalue weighted by Crippen LogP contribution is 2.09. The van der Waals surface area contributed by atoms with Gasteiger partial charge in [-0.3, -0.25) is 9.78 Å². The molecule has 0 aliphatic rings. The maximum atomic E-state index is 12.1. The minimum absolute atomic E-state index is 0.0883. The van der Waals surface area contributed by atoms with Gasteiger partial charge in [-0.05, 0) is 18.1 Å². The smallest absolute Gasteiger partial charge is 0.188 e. The summed E-state index contributed by atoms with van der Waals surface area (Å²) in [5.74, 6) is 1.02. The van der Waals surface area contributed by atoms with Gasteiger partial charge in [-0.15, -0.1) is 0 Å². The lowest BCUT2D eigenvalue weighted by Gasteiger charge is -2.07. The lowest BCUT2D eigenvalue weighted by molar-refractivity contribution is 0.0984. The minimum atomic E-state index is -0.0883. The van der Waals surface area contributed by atoms with Crippen LogP contribution in [0.3, 0.4) is 0 Å². The van der Waals surface area contributed by atoms with Crippen molar-refractivity contribution >= 4 is 17.4 Å². The van der Waals surface area contributed by atoms with Crippen LogP contribution in [0.25, 0.3) is 0 Å². The van der Waals surface area contributed by atoms with Crippen LogP contribution in [0.15, 0.2) is 24.7 Å². The Morgan fingerprint density at radius 2 is 2.16 bits per heavy atom. The van der Waals surface area contributed by atoms with Gasteiger partial charge in [-0.2, -0.15) is 5.10 Å². The predicted molar refractivity (Wildman–Crippen MR) is 72.1 cm³/mol. The van der Waals surface area contributed by atoms with Crippen LogP contribution in [0, 0.1) is 5.92 Å². The quantitative estimate of drug-likeness (QED) is 0.788. The molecule has 0 unspecified atom stereocenters. The van der Waals surface area contributed by atoms with Gasteiger partial charge in [0.2, 0.25) is 0 Å². The van der Waals surface area contributed by atoms with E-state index in [2.05, 4.69) is 28.9 Å². The largest absolute Gasteiger partial charge is 0.292 e. The monoisotopic (exact) mass is 278 g/mol. The van der Waals surface area contributed by atoms with E-state index in [0.29, 0.717) is 22.5 Å². The second kappa shape index (κ2) is 5.93. The molecule has 6 heteroatoms. The van der Waals surface area contributed by atoms with E-state index < -0.39 is 0 Å². The van der Waals surface area contributed by atoms with Gasteiger partial charge in [0.15, 0.2) is 5.78 Å². The second-order valence-electron chi connectivity index (χ2n) is 4.71. The maximum Gasteiger partial charge on any atom is 0.188 e. The third-order valence-corrected chi connectivity index (χ3v) is 2.79. The van der Waals surface area contributed by atoms with E-state index in [1.54, 1.807) is 16.8 Å². The molecule has 0 aromatic carbocycles. The first-order chi connectivity index (χ1) is 9.06. The number of carbonyl (C=O) groups excluding carboxylic acids is 1. The average molecular weight is 279 g/mol. The van der Waals surface area contributed by atoms with Gasteiger partial charge in [0.05, 0.1) is 11.4 Å². The fraction of sp³-hybridized carbons (Fsp3) is 0.385. The average Bonchev–Trinajstić information content (AvgIpc) is 2.76. The molecule has 2 aromatic rings. The zero-order valence-electron chi connectivity index (χ0n) is 10.9. The lowest BCUT2D eigenvalue weighted by atomic mass is 10.2. The molecule has 19 heavy (non-hydrogen) atoms. The molecule has 0 N–H and O–H groups in total. The van der Waals surface area contributed by atoms with Crippen LogP contribution in [0.1, 0.15) is 30.2 Å². The summed E-state index contributed by atoms with van der Waals surface area (Å²) < 4.78 is 1.76. The van der Waals surface area contributed by atoms with Crippen molar-refractivity contribution in [2.75, 3.05) is 0 Å². The van der Waals surface area contributed by atoms with Crippen molar-refractivity contribution in [3.05, 3.63) is 41.2 Å². The summed E-state index contributed by atoms with van der Waals surface area (Å²) in [6, 6.07) is 3.27. The van der Waals surface area contributed by atoms with Gasteiger partial charge < -0.3 is 0 Å². The molecule has 100 valence electrons. The van der Waals surface area contributed by atoms with Gasteiger partial charge in [-0.1, -0.05) is 25.4 Å². The Morgan fingerprint density at radius 3 is 2.79 bits per heavy atom. The lowest BCUT2D eigenvalue weighted by Crippen LogP contribution is -2.14. The topological polar surface area (TPSA) is 60.7 Å². The number of nitrogens with zero attached hydrogens (tertiary/aromatic N) is 4. The highest BCUT2D eigenvalue weighted by molar-refractivity contribution is 6.30. The molecule has 2 aromatic heterocycles. The molecule has 0 radical (unpaired) electrons. The van der Waals surface area contributed by atoms with E-state index in [1.165, 1.54) is 12.5 Å². The summed E-state index contributed by atoms with van der Waals surface area (Å²) in [4.78, 5) is 20.2. The first kappa shape index (κ1) is 13.7. The van der Waals surface area contributed by atoms with E-state index in [9.17, 15) is 4.79 Å². The number of halogens is 1. The summed E-state index contributed by atoms with van der Waals surface area (Å²) in [6.45, 7) is 4.93. The molecule has 0 spiro atoms. The highest BCUT2D eigenvalue weighted by atomic mass is 35.5. The van der Waals surface area contributed by atoms with Crippen LogP contribution >= 0.6 is 11.6 Å². The zero-order valence-corrected chi connectivity index (χ0v) is 11.6. The molecule has 2 rings (SSSR count). The van der Waals surface area contributed by atoms with Crippen LogP contribution < -0.4 is 0 Å². The second-order valence-corrected chi connectivity index (χ2v) is 5.15. The van der Waals surface area contributed by atoms with Gasteiger partial charge in [0, 0.05) is 12.7 Å². The molecule has 2 heterocycles. The Kier molecular flexibility index (Phi) is 4.27. The van der Waals surface area contributed by atoms with Crippen molar-refractivity contribution in [2.24, 2.45) is 5.92 Å². The summed E-state index contributed by atoms with van der Waals surface area (Å²) in [5.41, 5.74) is 0.392. The Morgan fingerprint density at radius 1 is 1.37 bits per heavy atom. The van der Waals surface area contributed by atoms with Crippen molar-refractivity contribution in [1.29, 1.82) is 0 Å². The fourth-order valence-electron chi connectivity index (χ4n) is 1.70. The van der Waals surface area contributed by atoms with Crippen LogP contribution in [0.4, 0.5) is 0 Å². The number of aromatic nitrogens is 4. The number of rotatable bonds is 5. The molecule has 0 atom stereocenters. The van der Waals surface area contributed by atoms with E-state index in [-0.39, 0.29) is 12.2 Å². The molecule has 0 saturated heterocycles. The molecular formula is C13H15ClN4O. The number of ketones is 1. The molecule has 0 fully saturated rings. The van der Waals surface area contributed by atoms with Crippen LogP contribution in [0.5, 0.6) is 0 Å². The maximum absolute atomic E-state index is 12.1. The summed E-state index contributed by atoms with van der Waals surface area (Å²) in [7, 11) is 0. The third kappa shape index (κ3) is 3.61. The van der Waals surface area contributed by atoms with Crippen molar-refractivity contribution in [2.45, 2.75) is 26.8 Å². The van der Waals surface area contributed by atoms with Gasteiger partial charge in [-0.25, -0.2) is 9.67 Å². The van der Waals surface area contributed by atoms with Crippen LogP contribution in [0.2, 0.25) is 5.02 Å². The Hall–Kier alpha value is -1.75. The number of Topliss-reactive ketones (excluding diaryl/α,β-unsaturated/α-hetero) is 1. The molecule has 0 aliphatic carbocycles. The van der Waals surface area contributed by atoms with E-state index in [1.807, 2.05) is 0 Å². The highest BCUT2D eigenvalue weighted by Gasteiger charge is 2.13. The Balaban J connectivity index is 2.10. The third-order valence-electron chi connectivity index (χ3n) is 2.57. The molecule has 0 bridgehead atoms. The molecule has 0 amide bonds. The van der Waals surface area contributed by atoms with Gasteiger partial charge in [0.1, 0.15) is 17.8 Å². The summed E-state index contributed by atoms with van der Waals surface area (Å²) in [6.07, 6.45) is 3.13. The van der Waals surface area contributed by atoms with E-state index in [4.69, 9.17) is 11.6 Å². The number of hydrogen-bond donors (Lipinski definition) is 0. The van der Waals surface area contributed by atoms with Crippen molar-refractivity contribution in [1.82, 2.24) is 19.7 Å². The van der Waals surface area contributed by atoms with Crippen molar-refractivity contribution < 1.29 is 4.79 Å². The Bertz CT molecular complexity index is 562. The summed E-state index contributed by atoms with van der Waals surface area (Å²) in [5, 5.41) is 4.64. The summed E-state index contributed by atoms with van der Waals surface area (Å²) >= 11 is 5.74. The van der Waals surface area contributed by atoms with Crippen LogP contribution in [-0.2, 0) is 13.0 Å². The SMILES string of the molecule is CC(C)Cn1ncnc1CC(=O)c1ccc(Cl)cn1. The first-order valence-electron chi connectivity index (χ1n) is 6.07. The number of carbonyl (C=O) groups is 1. The van der Waals surface area contributed by atoms with Gasteiger partial charge >= 0.3 is 0 Å². The normalized spacial score (nSPS) is 10.9.